The molecule has 0 saturated carbocycles. The van der Waals surface area contributed by atoms with Gasteiger partial charge >= 0.3 is 6.09 Å². The predicted molar refractivity (Wildman–Crippen MR) is 107 cm³/mol. The molecule has 156 valence electrons. The third kappa shape index (κ3) is 6.91. The van der Waals surface area contributed by atoms with Crippen molar-refractivity contribution in [1.82, 2.24) is 20.1 Å². The summed E-state index contributed by atoms with van der Waals surface area (Å²) in [6, 6.07) is 5.31. The van der Waals surface area contributed by atoms with Gasteiger partial charge in [-0.3, -0.25) is 9.59 Å². The predicted octanol–water partition coefficient (Wildman–Crippen LogP) is 2.33. The topological polar surface area (TPSA) is 127 Å². The quantitative estimate of drug-likeness (QED) is 0.680. The number of hydrogen-bond acceptors (Lipinski definition) is 6. The highest BCUT2D eigenvalue weighted by molar-refractivity contribution is 5.97. The van der Waals surface area contributed by atoms with Crippen LogP contribution >= 0.6 is 0 Å². The third-order valence-electron chi connectivity index (χ3n) is 3.76. The normalized spacial score (nSPS) is 13.1. The number of alkyl carbamates (subject to hydrolysis) is 1. The highest BCUT2D eigenvalue weighted by atomic mass is 16.6. The fraction of sp³-hybridized carbons (Fsp3) is 0.421. The smallest absolute Gasteiger partial charge is 0.408 e. The minimum atomic E-state index is -0.784. The Kier molecular flexibility index (Phi) is 6.92. The molecule has 2 rings (SSSR count). The second-order valence-electron chi connectivity index (χ2n) is 7.48. The lowest BCUT2D eigenvalue weighted by Crippen LogP contribution is -2.43. The summed E-state index contributed by atoms with van der Waals surface area (Å²) >= 11 is 0. The first kappa shape index (κ1) is 21.9. The van der Waals surface area contributed by atoms with Crippen LogP contribution in [-0.2, 0) is 14.3 Å². The largest absolute Gasteiger partial charge is 0.444 e. The number of carbonyl (C=O) groups excluding carboxylic acids is 3. The molecule has 2 atom stereocenters. The summed E-state index contributed by atoms with van der Waals surface area (Å²) in [7, 11) is 0. The van der Waals surface area contributed by atoms with Crippen LogP contribution in [0.25, 0.3) is 0 Å². The Morgan fingerprint density at radius 1 is 1.00 bits per heavy atom. The second-order valence-corrected chi connectivity index (χ2v) is 7.48. The molecule has 3 N–H and O–H groups in total. The lowest BCUT2D eigenvalue weighted by molar-refractivity contribution is -0.119. The highest BCUT2D eigenvalue weighted by Crippen LogP contribution is 2.16. The number of ether oxygens (including phenoxy) is 1. The van der Waals surface area contributed by atoms with Crippen LogP contribution in [0.2, 0.25) is 0 Å². The van der Waals surface area contributed by atoms with E-state index in [-0.39, 0.29) is 5.91 Å². The number of rotatable bonds is 6. The molecule has 1 aromatic heterocycles. The van der Waals surface area contributed by atoms with E-state index in [2.05, 4.69) is 26.0 Å². The van der Waals surface area contributed by atoms with E-state index >= 15 is 0 Å². The number of nitrogens with one attached hydrogen (secondary N) is 3. The average molecular weight is 402 g/mol. The molecule has 0 spiro atoms. The molecule has 29 heavy (non-hydrogen) atoms. The number of nitrogens with zero attached hydrogens (tertiary/aromatic N) is 3. The van der Waals surface area contributed by atoms with Gasteiger partial charge in [0, 0.05) is 11.4 Å². The number of hydrogen-bond donors (Lipinski definition) is 3. The van der Waals surface area contributed by atoms with E-state index in [0.29, 0.717) is 11.4 Å². The van der Waals surface area contributed by atoms with Crippen molar-refractivity contribution >= 4 is 29.3 Å². The van der Waals surface area contributed by atoms with Gasteiger partial charge in [-0.2, -0.15) is 5.10 Å². The Morgan fingerprint density at radius 2 is 1.55 bits per heavy atom. The summed E-state index contributed by atoms with van der Waals surface area (Å²) in [5.74, 6) is -0.644. The van der Waals surface area contributed by atoms with Gasteiger partial charge in [0.05, 0.1) is 0 Å². The van der Waals surface area contributed by atoms with Gasteiger partial charge < -0.3 is 20.7 Å². The Bertz CT molecular complexity index is 843. The first-order valence-corrected chi connectivity index (χ1v) is 9.10. The van der Waals surface area contributed by atoms with Crippen molar-refractivity contribution in [2.24, 2.45) is 0 Å². The lowest BCUT2D eigenvalue weighted by Gasteiger charge is -2.21. The Morgan fingerprint density at radius 3 is 2.03 bits per heavy atom. The number of amides is 3. The fourth-order valence-corrected chi connectivity index (χ4v) is 2.22. The molecule has 3 amide bonds. The van der Waals surface area contributed by atoms with Crippen LogP contribution in [0.4, 0.5) is 16.2 Å². The van der Waals surface area contributed by atoms with Crippen molar-refractivity contribution in [1.29, 1.82) is 0 Å². The van der Waals surface area contributed by atoms with Crippen molar-refractivity contribution in [2.45, 2.75) is 52.3 Å². The highest BCUT2D eigenvalue weighted by Gasteiger charge is 2.21. The number of carbonyl (C=O) groups is 3. The molecule has 0 bridgehead atoms. The summed E-state index contributed by atoms with van der Waals surface area (Å²) in [4.78, 5) is 40.0. The van der Waals surface area contributed by atoms with E-state index in [4.69, 9.17) is 4.74 Å². The van der Waals surface area contributed by atoms with E-state index < -0.39 is 29.7 Å². The van der Waals surface area contributed by atoms with E-state index in [9.17, 15) is 14.4 Å². The molecule has 0 aliphatic carbocycles. The van der Waals surface area contributed by atoms with Crippen molar-refractivity contribution in [2.75, 3.05) is 10.6 Å². The van der Waals surface area contributed by atoms with Gasteiger partial charge in [0.2, 0.25) is 11.8 Å². The Balaban J connectivity index is 1.87. The molecule has 10 nitrogen and oxygen atoms in total. The molecule has 2 unspecified atom stereocenters. The van der Waals surface area contributed by atoms with Crippen molar-refractivity contribution in [3.63, 3.8) is 0 Å². The number of anilines is 2. The fourth-order valence-electron chi connectivity index (χ4n) is 2.22. The van der Waals surface area contributed by atoms with Gasteiger partial charge in [-0.15, -0.1) is 0 Å². The minimum Gasteiger partial charge on any atom is -0.444 e. The van der Waals surface area contributed by atoms with Gasteiger partial charge in [-0.1, -0.05) is 0 Å². The third-order valence-corrected chi connectivity index (χ3v) is 3.76. The molecule has 10 heteroatoms. The van der Waals surface area contributed by atoms with E-state index in [1.54, 1.807) is 58.9 Å². The van der Waals surface area contributed by atoms with Crippen LogP contribution in [0.5, 0.6) is 0 Å². The van der Waals surface area contributed by atoms with Gasteiger partial charge in [-0.05, 0) is 58.9 Å². The molecule has 0 radical (unpaired) electrons. The van der Waals surface area contributed by atoms with Gasteiger partial charge in [0.1, 0.15) is 30.3 Å². The van der Waals surface area contributed by atoms with Crippen molar-refractivity contribution < 1.29 is 19.1 Å². The van der Waals surface area contributed by atoms with Crippen LogP contribution in [-0.4, -0.2) is 44.3 Å². The first-order valence-electron chi connectivity index (χ1n) is 9.10. The van der Waals surface area contributed by atoms with Crippen molar-refractivity contribution in [3.8, 4) is 0 Å². The zero-order valence-electron chi connectivity index (χ0n) is 17.1. The van der Waals surface area contributed by atoms with Gasteiger partial charge in [0.25, 0.3) is 0 Å². The lowest BCUT2D eigenvalue weighted by atomic mass is 10.2. The summed E-state index contributed by atoms with van der Waals surface area (Å²) in [5, 5.41) is 11.9. The standard InChI is InChI=1S/C19H26N6O4/c1-12(22-18(28)29-19(3,4)5)16(26)23-14-6-8-15(9-7-14)24-17(27)13(2)25-11-20-10-21-25/h6-13H,1-5H3,(H,22,28)(H,23,26)(H,24,27). The Labute approximate surface area is 169 Å². The van der Waals surface area contributed by atoms with E-state index in [1.165, 1.54) is 17.3 Å². The molecule has 0 saturated heterocycles. The maximum atomic E-state index is 12.2. The van der Waals surface area contributed by atoms with Crippen LogP contribution in [0, 0.1) is 0 Å². The molecule has 2 aromatic rings. The molecule has 0 aliphatic rings. The van der Waals surface area contributed by atoms with E-state index in [0.717, 1.165) is 0 Å². The van der Waals surface area contributed by atoms with Gasteiger partial charge in [0.15, 0.2) is 0 Å². The molecular weight excluding hydrogens is 376 g/mol. The molecule has 0 fully saturated rings. The molecule has 1 aromatic carbocycles. The van der Waals surface area contributed by atoms with Gasteiger partial charge in [-0.25, -0.2) is 14.5 Å². The maximum Gasteiger partial charge on any atom is 0.408 e. The summed E-state index contributed by atoms with van der Waals surface area (Å²) < 4.78 is 6.57. The molecule has 1 heterocycles. The monoisotopic (exact) mass is 402 g/mol. The molecular formula is C19H26N6O4. The zero-order chi connectivity index (χ0) is 21.6. The zero-order valence-corrected chi connectivity index (χ0v) is 17.1. The van der Waals surface area contributed by atoms with Crippen LogP contribution in [0.15, 0.2) is 36.9 Å². The number of benzene rings is 1. The van der Waals surface area contributed by atoms with Crippen LogP contribution in [0.1, 0.15) is 40.7 Å². The summed E-state index contributed by atoms with van der Waals surface area (Å²) in [6.07, 6.45) is 2.16. The number of aromatic nitrogens is 3. The first-order chi connectivity index (χ1) is 13.5. The summed E-state index contributed by atoms with van der Waals surface area (Å²) in [5.41, 5.74) is 0.446. The SMILES string of the molecule is CC(NC(=O)OC(C)(C)C)C(=O)Nc1ccc(NC(=O)C(C)n2cncn2)cc1. The van der Waals surface area contributed by atoms with Crippen LogP contribution in [0.3, 0.4) is 0 Å². The Hall–Kier alpha value is -3.43. The molecule has 0 aliphatic heterocycles. The average Bonchev–Trinajstić information content (AvgIpc) is 3.15. The second kappa shape index (κ2) is 9.18. The maximum absolute atomic E-state index is 12.2. The van der Waals surface area contributed by atoms with Crippen molar-refractivity contribution in [3.05, 3.63) is 36.9 Å². The van der Waals surface area contributed by atoms with E-state index in [1.807, 2.05) is 0 Å². The minimum absolute atomic E-state index is 0.248. The van der Waals surface area contributed by atoms with Crippen LogP contribution < -0.4 is 16.0 Å². The summed E-state index contributed by atoms with van der Waals surface area (Å²) in [6.45, 7) is 8.48.